The summed E-state index contributed by atoms with van der Waals surface area (Å²) in [6.07, 6.45) is 6.65. The van der Waals surface area contributed by atoms with Crippen molar-refractivity contribution in [3.05, 3.63) is 36.0 Å². The minimum atomic E-state index is -1.31. The Bertz CT molecular complexity index is 2450. The summed E-state index contributed by atoms with van der Waals surface area (Å²) in [5.74, 6) is -4.51. The molecule has 0 spiro atoms. The second kappa shape index (κ2) is 33.6. The van der Waals surface area contributed by atoms with Crippen LogP contribution in [0.1, 0.15) is 186 Å². The molecule has 0 radical (unpaired) electrons. The predicted molar refractivity (Wildman–Crippen MR) is 319 cm³/mol. The van der Waals surface area contributed by atoms with Gasteiger partial charge in [-0.05, 0) is 116 Å². The molecule has 2 rings (SSSR count). The van der Waals surface area contributed by atoms with E-state index in [4.69, 9.17) is 14.3 Å². The monoisotopic (exact) mass is 1150 g/mol. The van der Waals surface area contributed by atoms with Crippen molar-refractivity contribution in [2.45, 2.75) is 241 Å². The van der Waals surface area contributed by atoms with Gasteiger partial charge in [0.25, 0.3) is 0 Å². The highest BCUT2D eigenvalue weighted by Gasteiger charge is 2.40. The van der Waals surface area contributed by atoms with Crippen molar-refractivity contribution in [1.29, 1.82) is 5.26 Å². The van der Waals surface area contributed by atoms with Gasteiger partial charge in [-0.1, -0.05) is 112 Å². The minimum Gasteiger partial charge on any atom is -0.458 e. The van der Waals surface area contributed by atoms with Gasteiger partial charge in [-0.25, -0.2) is 9.59 Å². The van der Waals surface area contributed by atoms with Gasteiger partial charge in [0.1, 0.15) is 60.6 Å². The Morgan fingerprint density at radius 1 is 0.598 bits per heavy atom. The number of unbranched alkanes of at least 4 members (excludes halogenated alkanes) is 2. The number of alkyl carbamates (subject to hydrolysis) is 1. The van der Waals surface area contributed by atoms with Crippen LogP contribution in [0.15, 0.2) is 30.5 Å². The van der Waals surface area contributed by atoms with E-state index in [1.807, 2.05) is 71.9 Å². The average molecular weight is 1150 g/mol. The summed E-state index contributed by atoms with van der Waals surface area (Å²) in [5, 5.41) is 21.8. The number of carbonyl (C=O) groups is 8. The van der Waals surface area contributed by atoms with Gasteiger partial charge in [-0.3, -0.25) is 28.8 Å². The number of amides is 7. The van der Waals surface area contributed by atoms with Gasteiger partial charge in [0.05, 0.1) is 11.6 Å². The number of benzene rings is 1. The highest BCUT2D eigenvalue weighted by molar-refractivity contribution is 5.97. The van der Waals surface area contributed by atoms with Crippen LogP contribution in [0, 0.1) is 35.0 Å². The van der Waals surface area contributed by atoms with E-state index in [1.165, 1.54) is 49.9 Å². The number of likely N-dealkylation sites (N-methyl/N-ethyl adjacent to an activating group) is 3. The van der Waals surface area contributed by atoms with Crippen LogP contribution in [0.2, 0.25) is 0 Å². The highest BCUT2D eigenvalue weighted by Crippen LogP contribution is 2.26. The van der Waals surface area contributed by atoms with Crippen LogP contribution in [0.3, 0.4) is 0 Å². The largest absolute Gasteiger partial charge is 0.458 e. The van der Waals surface area contributed by atoms with E-state index in [-0.39, 0.29) is 62.2 Å². The zero-order valence-corrected chi connectivity index (χ0v) is 53.2. The maximum absolute atomic E-state index is 15.2. The number of hydrogen-bond donors (Lipinski definition) is 4. The third-order valence-corrected chi connectivity index (χ3v) is 14.5. The molecule has 0 saturated heterocycles. The topological polar surface area (TPSA) is 251 Å². The fourth-order valence-electron chi connectivity index (χ4n) is 9.83. The van der Waals surface area contributed by atoms with Crippen LogP contribution in [0.5, 0.6) is 0 Å². The number of nitrogens with zero attached hydrogens (tertiary/aromatic N) is 5. The van der Waals surface area contributed by atoms with Crippen molar-refractivity contribution >= 4 is 58.4 Å². The quantitative estimate of drug-likeness (QED) is 0.0493. The molecule has 9 atom stereocenters. The highest BCUT2D eigenvalue weighted by atomic mass is 16.6. The Labute approximate surface area is 490 Å². The molecule has 0 saturated carbocycles. The molecular formula is C62H103N9O11. The average Bonchev–Trinajstić information content (AvgIpc) is 4.01. The Balaban J connectivity index is 2.65. The first kappa shape index (κ1) is 71.7. The van der Waals surface area contributed by atoms with Gasteiger partial charge in [0, 0.05) is 45.6 Å². The molecule has 82 heavy (non-hydrogen) atoms. The van der Waals surface area contributed by atoms with E-state index in [9.17, 15) is 38.8 Å². The number of carbonyl (C=O) groups excluding carboxylic acids is 8. The molecule has 2 aromatic rings. The molecule has 0 fully saturated rings. The Hall–Kier alpha value is -6.39. The van der Waals surface area contributed by atoms with Crippen molar-refractivity contribution < 1.29 is 52.7 Å². The van der Waals surface area contributed by atoms with Crippen LogP contribution in [-0.4, -0.2) is 149 Å². The molecule has 0 aliphatic carbocycles. The minimum absolute atomic E-state index is 0.0115. The molecular weight excluding hydrogens is 1050 g/mol. The van der Waals surface area contributed by atoms with Gasteiger partial charge in [0.15, 0.2) is 0 Å². The van der Waals surface area contributed by atoms with Crippen molar-refractivity contribution in [3.8, 4) is 6.07 Å². The number of ether oxygens (including phenoxy) is 2. The van der Waals surface area contributed by atoms with Crippen LogP contribution in [0.4, 0.5) is 4.79 Å². The zero-order chi connectivity index (χ0) is 62.4. The van der Waals surface area contributed by atoms with Gasteiger partial charge in [0.2, 0.25) is 35.4 Å². The Morgan fingerprint density at radius 3 is 1.56 bits per heavy atom. The molecule has 462 valence electrons. The van der Waals surface area contributed by atoms with Gasteiger partial charge < -0.3 is 50.3 Å². The van der Waals surface area contributed by atoms with E-state index in [0.29, 0.717) is 12.0 Å². The van der Waals surface area contributed by atoms with Crippen molar-refractivity contribution in [2.75, 3.05) is 28.3 Å². The van der Waals surface area contributed by atoms with Gasteiger partial charge >= 0.3 is 12.1 Å². The molecule has 1 aromatic heterocycles. The maximum Gasteiger partial charge on any atom is 0.408 e. The predicted octanol–water partition coefficient (Wildman–Crippen LogP) is 8.26. The number of esters is 1. The lowest BCUT2D eigenvalue weighted by atomic mass is 9.94. The maximum atomic E-state index is 15.2. The van der Waals surface area contributed by atoms with E-state index in [2.05, 4.69) is 35.1 Å². The molecule has 0 bridgehead atoms. The summed E-state index contributed by atoms with van der Waals surface area (Å²) >= 11 is 0. The molecule has 7 amide bonds. The molecule has 20 heteroatoms. The van der Waals surface area contributed by atoms with Crippen molar-refractivity contribution in [2.24, 2.45) is 23.7 Å². The summed E-state index contributed by atoms with van der Waals surface area (Å²) in [4.78, 5) is 124. The van der Waals surface area contributed by atoms with Crippen molar-refractivity contribution in [1.82, 2.24) is 40.7 Å². The van der Waals surface area contributed by atoms with Crippen molar-refractivity contribution in [3.63, 3.8) is 0 Å². The normalized spacial score (nSPS) is 15.1. The van der Waals surface area contributed by atoms with Crippen LogP contribution < -0.4 is 26.1 Å². The Kier molecular flexibility index (Phi) is 29.4. The lowest BCUT2D eigenvalue weighted by Gasteiger charge is -2.35. The summed E-state index contributed by atoms with van der Waals surface area (Å²) in [7, 11) is 5.95. The van der Waals surface area contributed by atoms with E-state index in [1.54, 1.807) is 52.5 Å². The van der Waals surface area contributed by atoms with Crippen LogP contribution in [-0.2, 0) is 49.5 Å². The summed E-state index contributed by atoms with van der Waals surface area (Å²) in [5.41, 5.74) is -0.285. The second-order valence-corrected chi connectivity index (χ2v) is 25.3. The molecule has 0 aliphatic heterocycles. The zero-order valence-electron chi connectivity index (χ0n) is 53.2. The number of fused-ring (bicyclic) bond motifs is 1. The first-order valence-corrected chi connectivity index (χ1v) is 29.6. The summed E-state index contributed by atoms with van der Waals surface area (Å²) in [6, 6.07) is 1.36. The molecule has 0 aliphatic rings. The smallest absolute Gasteiger partial charge is 0.408 e. The van der Waals surface area contributed by atoms with Gasteiger partial charge in [-0.15, -0.1) is 0 Å². The first-order chi connectivity index (χ1) is 38.2. The van der Waals surface area contributed by atoms with E-state index >= 15 is 4.79 Å². The fourth-order valence-corrected chi connectivity index (χ4v) is 9.83. The second-order valence-electron chi connectivity index (χ2n) is 25.3. The number of nitrogens with one attached hydrogen (secondary N) is 4. The molecule has 4 N–H and O–H groups in total. The third kappa shape index (κ3) is 23.5. The molecule has 1 aromatic carbocycles. The number of nitriles is 1. The lowest BCUT2D eigenvalue weighted by Crippen LogP contribution is -2.60. The number of aromatic nitrogens is 1. The van der Waals surface area contributed by atoms with E-state index < -0.39 is 101 Å². The molecule has 1 heterocycles. The number of hydrogen-bond acceptors (Lipinski definition) is 12. The first-order valence-electron chi connectivity index (χ1n) is 29.6. The number of para-hydroxylation sites is 1. The lowest BCUT2D eigenvalue weighted by molar-refractivity contribution is -0.165. The Morgan fingerprint density at radius 2 is 1.07 bits per heavy atom. The molecule has 0 unspecified atom stereocenters. The molecule has 20 nitrogen and oxygen atoms in total. The summed E-state index contributed by atoms with van der Waals surface area (Å²) in [6.45, 7) is 27.6. The van der Waals surface area contributed by atoms with Gasteiger partial charge in [-0.2, -0.15) is 9.99 Å². The SMILES string of the molecule is CCCC[C@@H](C)C[C@H](NC(=O)[C@H](Cc1cn(OC)c2ccccc12)N(C)C(=O)[C@H](CC(C)C)NC(=O)OC(C)(C)C)C(=O)N(C)[C@@H](C)C(=O)N[C@H](CCC#N)C(=O)N[C@@H](C[C@H](C)CCCC)C(=O)N(C)[C@@H](CC(C)C)C(=O)OC(C)(C)C. The fraction of sp³-hybridized carbons (Fsp3) is 0.726. The third-order valence-electron chi connectivity index (χ3n) is 14.5. The van der Waals surface area contributed by atoms with E-state index in [0.717, 1.165) is 49.4 Å². The standard InChI is InChI=1S/C62H103N9O11/c1-20-22-27-41(7)35-48(66-55(74)51(37-44-38-71(80-19)50-31-25-24-29-45(44)50)69(17)57(76)47(33-39(3)4)67-60(79)82-62(13,14)15)56(75)68(16)43(9)53(72)64-46(30-26-32-63)54(73)65-49(36-42(8)28-23-21-2)58(77)70(18)52(34-40(5)6)59(78)81-61(10,11)12/h24-25,29,31,38-43,46-49,51-52H,20-23,26-28,30,33-37H2,1-19H3,(H,64,72)(H,65,73)(H,66,74)(H,67,79)/t41-,42-,43+,46-,47+,48+,49+,51+,52+/m1/s1. The number of rotatable bonds is 33. The summed E-state index contributed by atoms with van der Waals surface area (Å²) < 4.78 is 12.9. The van der Waals surface area contributed by atoms with Crippen LogP contribution in [0.25, 0.3) is 10.9 Å². The van der Waals surface area contributed by atoms with Crippen LogP contribution >= 0.6 is 0 Å².